The van der Waals surface area contributed by atoms with Gasteiger partial charge in [0.15, 0.2) is 5.82 Å². The van der Waals surface area contributed by atoms with Gasteiger partial charge in [-0.25, -0.2) is 4.98 Å². The summed E-state index contributed by atoms with van der Waals surface area (Å²) in [6.07, 6.45) is 2.39. The molecule has 2 N–H and O–H groups in total. The highest BCUT2D eigenvalue weighted by Gasteiger charge is 2.19. The van der Waals surface area contributed by atoms with Crippen molar-refractivity contribution in [3.05, 3.63) is 63.2 Å². The Balaban J connectivity index is 1.64. The molecule has 0 fully saturated rings. The normalized spacial score (nSPS) is 13.7. The van der Waals surface area contributed by atoms with Crippen molar-refractivity contribution in [2.24, 2.45) is 7.05 Å². The van der Waals surface area contributed by atoms with E-state index in [1.165, 1.54) is 6.20 Å². The van der Waals surface area contributed by atoms with Crippen molar-refractivity contribution in [2.45, 2.75) is 24.8 Å². The molecule has 31 heavy (non-hydrogen) atoms. The predicted octanol–water partition coefficient (Wildman–Crippen LogP) is 4.42. The Morgan fingerprint density at radius 1 is 1.19 bits per heavy atom. The van der Waals surface area contributed by atoms with Crippen molar-refractivity contribution in [3.63, 3.8) is 0 Å². The minimum atomic E-state index is -0.0962. The van der Waals surface area contributed by atoms with Crippen LogP contribution in [0.2, 0.25) is 5.02 Å². The summed E-state index contributed by atoms with van der Waals surface area (Å²) in [5.74, 6) is 1.76. The van der Waals surface area contributed by atoms with Crippen molar-refractivity contribution < 1.29 is 0 Å². The summed E-state index contributed by atoms with van der Waals surface area (Å²) in [6, 6.07) is 9.91. The van der Waals surface area contributed by atoms with Gasteiger partial charge in [-0.2, -0.15) is 4.98 Å². The molecule has 2 aromatic heterocycles. The number of pyridine rings is 1. The number of hydrogen-bond donors (Lipinski definition) is 2. The van der Waals surface area contributed by atoms with Crippen molar-refractivity contribution in [1.29, 1.82) is 0 Å². The lowest BCUT2D eigenvalue weighted by molar-refractivity contribution is 0.306. The minimum Gasteiger partial charge on any atom is -0.338 e. The maximum Gasteiger partial charge on any atom is 0.274 e. The van der Waals surface area contributed by atoms with Gasteiger partial charge in [0.05, 0.1) is 11.9 Å². The van der Waals surface area contributed by atoms with Crippen molar-refractivity contribution in [3.8, 4) is 0 Å². The number of hydrogen-bond acceptors (Lipinski definition) is 7. The van der Waals surface area contributed by atoms with E-state index in [4.69, 9.17) is 11.6 Å². The van der Waals surface area contributed by atoms with Crippen LogP contribution in [0.15, 0.2) is 46.2 Å². The van der Waals surface area contributed by atoms with Gasteiger partial charge in [-0.05, 0) is 36.6 Å². The Morgan fingerprint density at radius 3 is 2.81 bits per heavy atom. The first-order valence-corrected chi connectivity index (χ1v) is 11.5. The summed E-state index contributed by atoms with van der Waals surface area (Å²) >= 11 is 8.09. The molecule has 0 radical (unpaired) electrons. The van der Waals surface area contributed by atoms with Crippen LogP contribution in [0.5, 0.6) is 0 Å². The maximum absolute atomic E-state index is 12.9. The van der Waals surface area contributed by atoms with E-state index in [-0.39, 0.29) is 5.56 Å². The van der Waals surface area contributed by atoms with Gasteiger partial charge >= 0.3 is 0 Å². The van der Waals surface area contributed by atoms with Crippen molar-refractivity contribution >= 4 is 46.5 Å². The first-order valence-electron chi connectivity index (χ1n) is 10.1. The average Bonchev–Trinajstić information content (AvgIpc) is 2.75. The van der Waals surface area contributed by atoms with Crippen molar-refractivity contribution in [2.75, 3.05) is 30.0 Å². The number of benzene rings is 1. The lowest BCUT2D eigenvalue weighted by Crippen LogP contribution is -2.33. The topological polar surface area (TPSA) is 75.1 Å². The molecular weight excluding hydrogens is 432 g/mol. The van der Waals surface area contributed by atoms with Gasteiger partial charge in [-0.15, -0.1) is 11.8 Å². The Morgan fingerprint density at radius 2 is 2.00 bits per heavy atom. The molecule has 0 aliphatic carbocycles. The number of likely N-dealkylation sites (N-methyl/N-ethyl adjacent to an activating group) is 1. The molecular formula is C22H25ClN6OS. The van der Waals surface area contributed by atoms with Gasteiger partial charge in [-0.3, -0.25) is 4.79 Å². The third-order valence-electron chi connectivity index (χ3n) is 5.23. The molecule has 0 saturated carbocycles. The standard InChI is InChI=1S/C22H25ClN6OS/c1-4-31-19-8-6-5-7-16(19)25-20-15(23)12-24-22(27-20)26-17-11-14-13-28(2)10-9-18(14)29(3)21(17)30/h5-8,11-12H,4,9-10,13H2,1-3H3,(H2,24,25,26,27). The maximum atomic E-state index is 12.9. The number of para-hydroxylation sites is 1. The van der Waals surface area contributed by atoms with E-state index in [9.17, 15) is 4.79 Å². The fraction of sp³-hybridized carbons (Fsp3) is 0.318. The molecule has 1 aliphatic heterocycles. The highest BCUT2D eigenvalue weighted by molar-refractivity contribution is 7.99. The molecule has 3 heterocycles. The first-order chi connectivity index (χ1) is 15.0. The van der Waals surface area contributed by atoms with E-state index in [1.54, 1.807) is 16.3 Å². The second-order valence-electron chi connectivity index (χ2n) is 7.45. The van der Waals surface area contributed by atoms with Crippen LogP contribution in [0.25, 0.3) is 0 Å². The van der Waals surface area contributed by atoms with Crippen LogP contribution in [0.1, 0.15) is 18.2 Å². The lowest BCUT2D eigenvalue weighted by atomic mass is 10.1. The number of thioether (sulfide) groups is 1. The van der Waals surface area contributed by atoms with Crippen LogP contribution in [0.4, 0.5) is 23.1 Å². The number of fused-ring (bicyclic) bond motifs is 1. The molecule has 0 amide bonds. The van der Waals surface area contributed by atoms with E-state index >= 15 is 0 Å². The number of aromatic nitrogens is 3. The number of halogens is 1. The Labute approximate surface area is 190 Å². The SMILES string of the molecule is CCSc1ccccc1Nc1nc(Nc2cc3c(n(C)c2=O)CCN(C)C3)ncc1Cl. The zero-order chi connectivity index (χ0) is 22.0. The zero-order valence-corrected chi connectivity index (χ0v) is 19.3. The van der Waals surface area contributed by atoms with Gasteiger partial charge in [-0.1, -0.05) is 30.7 Å². The second-order valence-corrected chi connectivity index (χ2v) is 9.16. The largest absolute Gasteiger partial charge is 0.338 e. The summed E-state index contributed by atoms with van der Waals surface area (Å²) in [6.45, 7) is 3.86. The Hall–Kier alpha value is -2.55. The highest BCUT2D eigenvalue weighted by Crippen LogP contribution is 2.31. The molecule has 1 aromatic carbocycles. The summed E-state index contributed by atoms with van der Waals surface area (Å²) in [7, 11) is 3.89. The average molecular weight is 457 g/mol. The summed E-state index contributed by atoms with van der Waals surface area (Å²) in [4.78, 5) is 25.0. The van der Waals surface area contributed by atoms with Crippen LogP contribution < -0.4 is 16.2 Å². The van der Waals surface area contributed by atoms with Gasteiger partial charge < -0.3 is 20.1 Å². The fourth-order valence-corrected chi connectivity index (χ4v) is 4.57. The summed E-state index contributed by atoms with van der Waals surface area (Å²) < 4.78 is 1.72. The molecule has 1 aliphatic rings. The number of rotatable bonds is 6. The molecule has 0 unspecified atom stereocenters. The number of nitrogens with zero attached hydrogens (tertiary/aromatic N) is 4. The monoisotopic (exact) mass is 456 g/mol. The molecule has 4 rings (SSSR count). The fourth-order valence-electron chi connectivity index (χ4n) is 3.67. The van der Waals surface area contributed by atoms with E-state index in [2.05, 4.69) is 45.5 Å². The summed E-state index contributed by atoms with van der Waals surface area (Å²) in [5, 5.41) is 6.80. The van der Waals surface area contributed by atoms with Crippen LogP contribution in [0.3, 0.4) is 0 Å². The van der Waals surface area contributed by atoms with Gasteiger partial charge in [0.25, 0.3) is 5.56 Å². The molecule has 0 atom stereocenters. The smallest absolute Gasteiger partial charge is 0.274 e. The van der Waals surface area contributed by atoms with E-state index in [1.807, 2.05) is 31.3 Å². The van der Waals surface area contributed by atoms with Crippen LogP contribution in [0, 0.1) is 0 Å². The Bertz CT molecular complexity index is 1170. The molecule has 9 heteroatoms. The van der Waals surface area contributed by atoms with Gasteiger partial charge in [0, 0.05) is 37.1 Å². The van der Waals surface area contributed by atoms with E-state index < -0.39 is 0 Å². The number of nitrogens with one attached hydrogen (secondary N) is 2. The molecule has 0 saturated heterocycles. The number of anilines is 4. The first kappa shape index (κ1) is 21.7. The van der Waals surface area contributed by atoms with Crippen molar-refractivity contribution in [1.82, 2.24) is 19.4 Å². The molecule has 3 aromatic rings. The minimum absolute atomic E-state index is 0.0962. The molecule has 0 bridgehead atoms. The van der Waals surface area contributed by atoms with E-state index in [0.29, 0.717) is 22.5 Å². The van der Waals surface area contributed by atoms with Gasteiger partial charge in [0.1, 0.15) is 10.7 Å². The molecule has 0 spiro atoms. The Kier molecular flexibility index (Phi) is 6.50. The van der Waals surface area contributed by atoms with Crippen LogP contribution in [-0.2, 0) is 20.0 Å². The van der Waals surface area contributed by atoms with Gasteiger partial charge in [0.2, 0.25) is 5.95 Å². The van der Waals surface area contributed by atoms with Crippen LogP contribution >= 0.6 is 23.4 Å². The third-order valence-corrected chi connectivity index (χ3v) is 6.46. The molecule has 162 valence electrons. The third kappa shape index (κ3) is 4.71. The lowest BCUT2D eigenvalue weighted by Gasteiger charge is -2.27. The zero-order valence-electron chi connectivity index (χ0n) is 17.8. The van der Waals surface area contributed by atoms with Crippen LogP contribution in [-0.4, -0.2) is 38.8 Å². The summed E-state index contributed by atoms with van der Waals surface area (Å²) in [5.41, 5.74) is 3.50. The highest BCUT2D eigenvalue weighted by atomic mass is 35.5. The quantitative estimate of drug-likeness (QED) is 0.532. The second kappa shape index (κ2) is 9.30. The van der Waals surface area contributed by atoms with E-state index in [0.717, 1.165) is 47.1 Å². The molecule has 7 nitrogen and oxygen atoms in total. The predicted molar refractivity (Wildman–Crippen MR) is 128 cm³/mol.